The topological polar surface area (TPSA) is 93.1 Å². The molecule has 0 aliphatic rings. The summed E-state index contributed by atoms with van der Waals surface area (Å²) in [5.74, 6) is -0.290. The van der Waals surface area contributed by atoms with Crippen LogP contribution in [-0.2, 0) is 14.8 Å². The van der Waals surface area contributed by atoms with Crippen molar-refractivity contribution >= 4 is 27.7 Å². The molecule has 0 saturated heterocycles. The molecule has 7 nitrogen and oxygen atoms in total. The minimum absolute atomic E-state index is 0.000534. The molecule has 0 aliphatic carbocycles. The highest BCUT2D eigenvalue weighted by Gasteiger charge is 2.10. The van der Waals surface area contributed by atoms with Crippen LogP contribution in [0, 0.1) is 0 Å². The number of nitrogens with zero attached hydrogens (tertiary/aromatic N) is 2. The van der Waals surface area contributed by atoms with Gasteiger partial charge in [-0.15, -0.1) is 0 Å². The number of para-hydroxylation sites is 2. The lowest BCUT2D eigenvalue weighted by atomic mass is 10.2. The number of amides is 1. The Morgan fingerprint density at radius 3 is 2.57 bits per heavy atom. The molecule has 0 spiro atoms. The zero-order chi connectivity index (χ0) is 19.8. The van der Waals surface area contributed by atoms with Gasteiger partial charge in [0.2, 0.25) is 15.9 Å². The number of hydrogen-bond acceptors (Lipinski definition) is 4. The maximum Gasteiger partial charge on any atom is 0.233 e. The molecule has 8 heteroatoms. The minimum Gasteiger partial charge on any atom is -0.324 e. The van der Waals surface area contributed by atoms with E-state index in [9.17, 15) is 13.2 Å². The lowest BCUT2D eigenvalue weighted by molar-refractivity contribution is -0.116. The molecule has 0 fully saturated rings. The average Bonchev–Trinajstić information content (AvgIpc) is 3.22. The highest BCUT2D eigenvalue weighted by molar-refractivity contribution is 7.92. The predicted octanol–water partition coefficient (Wildman–Crippen LogP) is 2.79. The van der Waals surface area contributed by atoms with Crippen molar-refractivity contribution in [2.75, 3.05) is 11.9 Å². The Hall–Kier alpha value is -3.23. The molecule has 3 aromatic rings. The summed E-state index contributed by atoms with van der Waals surface area (Å²) in [5, 5.41) is 3.89. The number of carbonyl (C=O) groups excluding carboxylic acids is 1. The SMILES string of the molecule is O=C(CCNS(=O)(=O)/C=C/c1ccccc1)Nc1ccccc1-n1ccnc1. The Balaban J connectivity index is 1.53. The molecule has 144 valence electrons. The monoisotopic (exact) mass is 396 g/mol. The molecule has 3 rings (SSSR count). The van der Waals surface area contributed by atoms with E-state index in [0.717, 1.165) is 16.7 Å². The summed E-state index contributed by atoms with van der Waals surface area (Å²) in [6, 6.07) is 16.4. The lowest BCUT2D eigenvalue weighted by Crippen LogP contribution is -2.26. The summed E-state index contributed by atoms with van der Waals surface area (Å²) < 4.78 is 28.2. The zero-order valence-corrected chi connectivity index (χ0v) is 15.8. The third kappa shape index (κ3) is 5.63. The van der Waals surface area contributed by atoms with Crippen molar-refractivity contribution in [3.05, 3.63) is 84.3 Å². The molecule has 1 heterocycles. The van der Waals surface area contributed by atoms with Crippen LogP contribution in [0.15, 0.2) is 78.7 Å². The van der Waals surface area contributed by atoms with Crippen molar-refractivity contribution in [2.24, 2.45) is 0 Å². The Kier molecular flexibility index (Phi) is 6.36. The smallest absolute Gasteiger partial charge is 0.233 e. The number of sulfonamides is 1. The molecular formula is C20H20N4O3S. The first kappa shape index (κ1) is 19.5. The summed E-state index contributed by atoms with van der Waals surface area (Å²) in [6.45, 7) is 0.000534. The summed E-state index contributed by atoms with van der Waals surface area (Å²) >= 11 is 0. The van der Waals surface area contributed by atoms with Gasteiger partial charge in [0.05, 0.1) is 17.7 Å². The van der Waals surface area contributed by atoms with Gasteiger partial charge < -0.3 is 9.88 Å². The van der Waals surface area contributed by atoms with Crippen LogP contribution in [0.5, 0.6) is 0 Å². The number of aromatic nitrogens is 2. The van der Waals surface area contributed by atoms with Gasteiger partial charge in [-0.1, -0.05) is 42.5 Å². The predicted molar refractivity (Wildman–Crippen MR) is 109 cm³/mol. The van der Waals surface area contributed by atoms with E-state index in [4.69, 9.17) is 0 Å². The largest absolute Gasteiger partial charge is 0.324 e. The second kappa shape index (κ2) is 9.12. The fourth-order valence-electron chi connectivity index (χ4n) is 2.51. The quantitative estimate of drug-likeness (QED) is 0.612. The molecule has 2 aromatic carbocycles. The zero-order valence-electron chi connectivity index (χ0n) is 15.0. The van der Waals surface area contributed by atoms with Gasteiger partial charge in [0.15, 0.2) is 0 Å². The Morgan fingerprint density at radius 1 is 1.07 bits per heavy atom. The first-order valence-corrected chi connectivity index (χ1v) is 10.2. The number of benzene rings is 2. The van der Waals surface area contributed by atoms with E-state index in [2.05, 4.69) is 15.0 Å². The molecule has 0 aliphatic heterocycles. The van der Waals surface area contributed by atoms with Crippen molar-refractivity contribution in [3.63, 3.8) is 0 Å². The second-order valence-electron chi connectivity index (χ2n) is 5.94. The van der Waals surface area contributed by atoms with Gasteiger partial charge in [-0.2, -0.15) is 0 Å². The van der Waals surface area contributed by atoms with E-state index in [1.165, 1.54) is 6.08 Å². The summed E-state index contributed by atoms with van der Waals surface area (Å²) in [4.78, 5) is 16.2. The first-order chi connectivity index (χ1) is 13.5. The summed E-state index contributed by atoms with van der Waals surface area (Å²) in [5.41, 5.74) is 2.18. The van der Waals surface area contributed by atoms with Gasteiger partial charge in [-0.3, -0.25) is 4.79 Å². The van der Waals surface area contributed by atoms with Crippen molar-refractivity contribution in [3.8, 4) is 5.69 Å². The van der Waals surface area contributed by atoms with Crippen LogP contribution in [-0.4, -0.2) is 30.4 Å². The van der Waals surface area contributed by atoms with Crippen LogP contribution < -0.4 is 10.0 Å². The number of anilines is 1. The molecule has 2 N–H and O–H groups in total. The Morgan fingerprint density at radius 2 is 1.82 bits per heavy atom. The molecule has 1 aromatic heterocycles. The molecule has 0 bridgehead atoms. The van der Waals surface area contributed by atoms with E-state index in [-0.39, 0.29) is 18.9 Å². The van der Waals surface area contributed by atoms with Crippen molar-refractivity contribution in [1.82, 2.24) is 14.3 Å². The van der Waals surface area contributed by atoms with Crippen molar-refractivity contribution in [2.45, 2.75) is 6.42 Å². The lowest BCUT2D eigenvalue weighted by Gasteiger charge is -2.11. The number of hydrogen-bond donors (Lipinski definition) is 2. The highest BCUT2D eigenvalue weighted by Crippen LogP contribution is 2.19. The standard InChI is InChI=1S/C20H20N4O3S/c25-20(23-18-8-4-5-9-19(18)24-14-13-21-16-24)10-12-22-28(26,27)15-11-17-6-2-1-3-7-17/h1-9,11,13-16,22H,10,12H2,(H,23,25)/b15-11+. The van der Waals surface area contributed by atoms with E-state index in [1.54, 1.807) is 41.5 Å². The van der Waals surface area contributed by atoms with Crippen molar-refractivity contribution in [1.29, 1.82) is 0 Å². The van der Waals surface area contributed by atoms with Gasteiger partial charge in [-0.05, 0) is 23.8 Å². The van der Waals surface area contributed by atoms with Crippen LogP contribution in [0.2, 0.25) is 0 Å². The third-order valence-corrected chi connectivity index (χ3v) is 4.96. The second-order valence-corrected chi connectivity index (χ2v) is 7.59. The number of rotatable bonds is 8. The van der Waals surface area contributed by atoms with Gasteiger partial charge in [0.25, 0.3) is 0 Å². The molecule has 0 radical (unpaired) electrons. The molecular weight excluding hydrogens is 376 g/mol. The maximum atomic E-state index is 12.2. The normalized spacial score (nSPS) is 11.6. The number of imidazole rings is 1. The fraction of sp³-hybridized carbons (Fsp3) is 0.100. The first-order valence-electron chi connectivity index (χ1n) is 8.63. The molecule has 1 amide bonds. The number of nitrogens with one attached hydrogen (secondary N) is 2. The highest BCUT2D eigenvalue weighted by atomic mass is 32.2. The van der Waals surface area contributed by atoms with Crippen LogP contribution in [0.1, 0.15) is 12.0 Å². The third-order valence-electron chi connectivity index (χ3n) is 3.86. The molecule has 28 heavy (non-hydrogen) atoms. The Labute approximate surface area is 163 Å². The number of carbonyl (C=O) groups is 1. The van der Waals surface area contributed by atoms with E-state index >= 15 is 0 Å². The van der Waals surface area contributed by atoms with Crippen molar-refractivity contribution < 1.29 is 13.2 Å². The summed E-state index contributed by atoms with van der Waals surface area (Å²) in [7, 11) is -3.61. The van der Waals surface area contributed by atoms with E-state index < -0.39 is 10.0 Å². The van der Waals surface area contributed by atoms with E-state index in [1.807, 2.05) is 36.4 Å². The van der Waals surface area contributed by atoms with Gasteiger partial charge in [0, 0.05) is 30.8 Å². The minimum atomic E-state index is -3.61. The molecule has 0 unspecified atom stereocenters. The maximum absolute atomic E-state index is 12.2. The van der Waals surface area contributed by atoms with Gasteiger partial charge >= 0.3 is 0 Å². The van der Waals surface area contributed by atoms with Crippen LogP contribution >= 0.6 is 0 Å². The fourth-order valence-corrected chi connectivity index (χ4v) is 3.33. The Bertz CT molecular complexity index is 1050. The van der Waals surface area contributed by atoms with Crippen LogP contribution in [0.25, 0.3) is 11.8 Å². The van der Waals surface area contributed by atoms with Gasteiger partial charge in [0.1, 0.15) is 0 Å². The average molecular weight is 396 g/mol. The van der Waals surface area contributed by atoms with E-state index in [0.29, 0.717) is 5.69 Å². The molecule has 0 saturated carbocycles. The van der Waals surface area contributed by atoms with Crippen LogP contribution in [0.4, 0.5) is 5.69 Å². The van der Waals surface area contributed by atoms with Gasteiger partial charge in [-0.25, -0.2) is 18.1 Å². The molecule has 0 atom stereocenters. The summed E-state index contributed by atoms with van der Waals surface area (Å²) in [6.07, 6.45) is 6.58. The van der Waals surface area contributed by atoms with Crippen LogP contribution in [0.3, 0.4) is 0 Å².